The van der Waals surface area contributed by atoms with E-state index >= 15 is 0 Å². The SMILES string of the molecule is C=C/C=c1\c(=C)c(=O)n(O)c(=O)[n]1[AlH2]. The summed E-state index contributed by atoms with van der Waals surface area (Å²) in [5.41, 5.74) is -1.54. The summed E-state index contributed by atoms with van der Waals surface area (Å²) in [5, 5.41) is 9.55. The van der Waals surface area contributed by atoms with Crippen molar-refractivity contribution >= 4 is 29.2 Å². The molecule has 1 aromatic rings. The smallest absolute Gasteiger partial charge is 0.378 e. The summed E-state index contributed by atoms with van der Waals surface area (Å²) in [6, 6.07) is 0. The van der Waals surface area contributed by atoms with Crippen molar-refractivity contribution in [3.05, 3.63) is 44.1 Å². The predicted octanol–water partition coefficient (Wildman–Crippen LogP) is -2.98. The largest absolute Gasteiger partial charge is 0.421 e. The summed E-state index contributed by atoms with van der Waals surface area (Å²) in [6.45, 7) is 6.96. The van der Waals surface area contributed by atoms with Gasteiger partial charge in [0.05, 0.1) is 5.22 Å². The molecule has 0 atom stereocenters. The van der Waals surface area contributed by atoms with Gasteiger partial charge in [-0.25, -0.2) is 4.79 Å². The van der Waals surface area contributed by atoms with Crippen LogP contribution >= 0.6 is 0 Å². The maximum atomic E-state index is 11.3. The highest BCUT2D eigenvalue weighted by Crippen LogP contribution is 1.61. The van der Waals surface area contributed by atoms with Gasteiger partial charge in [0.1, 0.15) is 0 Å². The molecule has 6 heteroatoms. The summed E-state index contributed by atoms with van der Waals surface area (Å²) < 4.78 is 1.32. The Morgan fingerprint density at radius 2 is 2.00 bits per heavy atom. The summed E-state index contributed by atoms with van der Waals surface area (Å²) in [6.07, 6.45) is 2.97. The zero-order valence-corrected chi connectivity index (χ0v) is 9.73. The van der Waals surface area contributed by atoms with E-state index in [-0.39, 0.29) is 9.95 Å². The Kier molecular flexibility index (Phi) is 2.79. The molecule has 0 unspecified atom stereocenters. The van der Waals surface area contributed by atoms with E-state index in [1.54, 1.807) is 0 Å². The number of rotatable bonds is 1. The summed E-state index contributed by atoms with van der Waals surface area (Å²) in [5.74, 6) is 0. The molecule has 0 saturated carbocycles. The van der Waals surface area contributed by atoms with Crippen LogP contribution in [0.2, 0.25) is 0 Å². The molecule has 1 N–H and O–H groups in total. The zero-order valence-electron chi connectivity index (χ0n) is 7.73. The molecule has 0 amide bonds. The third-order valence-corrected chi connectivity index (χ3v) is 2.73. The monoisotopic (exact) mass is 208 g/mol. The van der Waals surface area contributed by atoms with Gasteiger partial charge in [-0.2, -0.15) is 0 Å². The molecule has 1 heterocycles. The van der Waals surface area contributed by atoms with Crippen LogP contribution in [0.3, 0.4) is 0 Å². The highest BCUT2D eigenvalue weighted by Gasteiger charge is 2.03. The molecule has 0 spiro atoms. The lowest BCUT2D eigenvalue weighted by atomic mass is 10.4. The zero-order chi connectivity index (χ0) is 10.9. The number of nitrogens with zero attached hydrogens (tertiary/aromatic N) is 2. The Hall–Kier alpha value is -1.51. The van der Waals surface area contributed by atoms with Crippen molar-refractivity contribution in [3.8, 4) is 0 Å². The number of hydrogen-bond acceptors (Lipinski definition) is 3. The van der Waals surface area contributed by atoms with Crippen LogP contribution in [0.5, 0.6) is 0 Å². The predicted molar refractivity (Wildman–Crippen MR) is 55.5 cm³/mol. The molecular formula is C8H9AlN2O3. The van der Waals surface area contributed by atoms with Crippen LogP contribution in [0, 0.1) is 0 Å². The topological polar surface area (TPSA) is 64.2 Å². The van der Waals surface area contributed by atoms with Crippen molar-refractivity contribution < 1.29 is 5.21 Å². The van der Waals surface area contributed by atoms with Gasteiger partial charge in [-0.1, -0.05) is 24.0 Å². The van der Waals surface area contributed by atoms with Crippen LogP contribution in [0.25, 0.3) is 12.7 Å². The molecule has 14 heavy (non-hydrogen) atoms. The van der Waals surface area contributed by atoms with Crippen molar-refractivity contribution in [2.24, 2.45) is 0 Å². The van der Waals surface area contributed by atoms with Crippen molar-refractivity contribution in [1.82, 2.24) is 8.28 Å². The third kappa shape index (κ3) is 1.45. The van der Waals surface area contributed by atoms with Crippen molar-refractivity contribution in [2.45, 2.75) is 0 Å². The van der Waals surface area contributed by atoms with Gasteiger partial charge in [-0.05, 0) is 6.08 Å². The second kappa shape index (κ2) is 3.70. The highest BCUT2D eigenvalue weighted by molar-refractivity contribution is 6.06. The first-order valence-electron chi connectivity index (χ1n) is 3.83. The fraction of sp³-hybridized carbons (Fsp3) is 0. The minimum atomic E-state index is -0.796. The van der Waals surface area contributed by atoms with Crippen LogP contribution in [-0.2, 0) is 0 Å². The van der Waals surface area contributed by atoms with Crippen LogP contribution in [0.4, 0.5) is 0 Å². The van der Waals surface area contributed by atoms with E-state index in [1.165, 1.54) is 15.7 Å². The van der Waals surface area contributed by atoms with Gasteiger partial charge in [0.25, 0.3) is 5.56 Å². The Morgan fingerprint density at radius 3 is 2.50 bits per heavy atom. The second-order valence-corrected chi connectivity index (χ2v) is 3.62. The van der Waals surface area contributed by atoms with Crippen molar-refractivity contribution in [2.75, 3.05) is 0 Å². The summed E-state index contributed by atoms with van der Waals surface area (Å²) in [4.78, 5) is 22.5. The summed E-state index contributed by atoms with van der Waals surface area (Å²) >= 11 is 0.353. The van der Waals surface area contributed by atoms with E-state index in [0.717, 1.165) is 0 Å². The number of allylic oxidation sites excluding steroid dienone is 1. The molecule has 0 radical (unpaired) electrons. The molecule has 0 fully saturated rings. The van der Waals surface area contributed by atoms with Gasteiger partial charge in [-0.15, -0.1) is 0 Å². The number of aromatic nitrogens is 2. The lowest BCUT2D eigenvalue weighted by Gasteiger charge is -2.02. The van der Waals surface area contributed by atoms with Crippen molar-refractivity contribution in [3.63, 3.8) is 0 Å². The van der Waals surface area contributed by atoms with Gasteiger partial charge in [0.2, 0.25) is 0 Å². The second-order valence-electron chi connectivity index (χ2n) is 2.72. The van der Waals surface area contributed by atoms with Gasteiger partial charge < -0.3 is 8.76 Å². The van der Waals surface area contributed by atoms with Crippen LogP contribution in [-0.4, -0.2) is 30.0 Å². The number of hydrogen-bond donors (Lipinski definition) is 1. The minimum absolute atomic E-state index is 0.0652. The molecule has 0 saturated heterocycles. The van der Waals surface area contributed by atoms with E-state index in [2.05, 4.69) is 13.2 Å². The van der Waals surface area contributed by atoms with Gasteiger partial charge in [0.15, 0.2) is 0 Å². The van der Waals surface area contributed by atoms with E-state index in [0.29, 0.717) is 21.9 Å². The van der Waals surface area contributed by atoms with Gasteiger partial charge in [-0.3, -0.25) is 4.79 Å². The van der Waals surface area contributed by atoms with Crippen LogP contribution < -0.4 is 21.8 Å². The molecule has 1 rings (SSSR count). The van der Waals surface area contributed by atoms with Crippen LogP contribution in [0.1, 0.15) is 0 Å². The lowest BCUT2D eigenvalue weighted by Crippen LogP contribution is -2.57. The molecule has 0 aliphatic heterocycles. The fourth-order valence-corrected chi connectivity index (χ4v) is 1.70. The maximum absolute atomic E-state index is 11.3. The van der Waals surface area contributed by atoms with Gasteiger partial charge in [0, 0.05) is 5.35 Å². The standard InChI is InChI=1S/C8H8N2O3.Al.2H/c1-3-4-6-5(2)7(11)10(13)8(12)9-6;;;/h3-4,13H,1-2H2,(H,9,12);;;/q;+1;;/p-1/b6-4+;;;. The molecule has 72 valence electrons. The first kappa shape index (κ1) is 10.6. The first-order valence-corrected chi connectivity index (χ1v) is 4.73. The Morgan fingerprint density at radius 1 is 1.43 bits per heavy atom. The quantitative estimate of drug-likeness (QED) is 0.395. The molecular weight excluding hydrogens is 199 g/mol. The first-order chi connectivity index (χ1) is 6.50. The molecule has 5 nitrogen and oxygen atoms in total. The fourth-order valence-electron chi connectivity index (χ4n) is 1.10. The van der Waals surface area contributed by atoms with Crippen molar-refractivity contribution in [1.29, 1.82) is 0 Å². The molecule has 0 bridgehead atoms. The van der Waals surface area contributed by atoms with E-state index in [1.807, 2.05) is 0 Å². The van der Waals surface area contributed by atoms with E-state index in [9.17, 15) is 9.59 Å². The third-order valence-electron chi connectivity index (χ3n) is 1.86. The van der Waals surface area contributed by atoms with Crippen LogP contribution in [0.15, 0.2) is 22.2 Å². The molecule has 0 aromatic carbocycles. The molecule has 0 aliphatic carbocycles. The Balaban J connectivity index is 4.09. The Labute approximate surface area is 87.1 Å². The van der Waals surface area contributed by atoms with E-state index < -0.39 is 11.2 Å². The lowest BCUT2D eigenvalue weighted by molar-refractivity contribution is 0.157. The minimum Gasteiger partial charge on any atom is -0.421 e. The average Bonchev–Trinajstić information content (AvgIpc) is 2.19. The summed E-state index contributed by atoms with van der Waals surface area (Å²) in [7, 11) is 0. The molecule has 0 aliphatic rings. The Bertz CT molecular complexity index is 597. The average molecular weight is 208 g/mol. The van der Waals surface area contributed by atoms with Gasteiger partial charge >= 0.3 is 22.2 Å². The normalized spacial score (nSPS) is 11.6. The van der Waals surface area contributed by atoms with E-state index in [4.69, 9.17) is 5.21 Å². The highest BCUT2D eigenvalue weighted by atomic mass is 27.1. The molecule has 1 aromatic heterocycles. The maximum Gasteiger partial charge on any atom is 0.378 e.